The number of aryl methyl sites for hydroxylation is 1. The third-order valence-corrected chi connectivity index (χ3v) is 7.54. The van der Waals surface area contributed by atoms with Crippen LogP contribution in [-0.4, -0.2) is 78.2 Å². The van der Waals surface area contributed by atoms with Gasteiger partial charge in [-0.3, -0.25) is 9.69 Å². The van der Waals surface area contributed by atoms with Gasteiger partial charge < -0.3 is 20.5 Å². The average molecular weight is 492 g/mol. The molecule has 33 heavy (non-hydrogen) atoms. The molecule has 1 fully saturated rings. The van der Waals surface area contributed by atoms with Crippen molar-refractivity contribution in [2.24, 2.45) is 7.05 Å². The third-order valence-electron chi connectivity index (χ3n) is 5.11. The molecule has 0 spiro atoms. The second-order valence-corrected chi connectivity index (χ2v) is 9.24. The first kappa shape index (κ1) is 22.9. The van der Waals surface area contributed by atoms with Crippen LogP contribution in [0.1, 0.15) is 5.56 Å². The number of fused-ring (bicyclic) bond motifs is 1. The van der Waals surface area contributed by atoms with Gasteiger partial charge >= 0.3 is 12.0 Å². The number of methoxy groups -OCH3 is 1. The smallest absolute Gasteiger partial charge is 0.352 e. The molecule has 3 N–H and O–H groups in total. The number of nitrogens with one attached hydrogen (secondary N) is 2. The van der Waals surface area contributed by atoms with Gasteiger partial charge in [0.2, 0.25) is 5.16 Å². The number of carbonyl (C=O) groups is 3. The molecular formula is C19H21N7O5S2. The molecule has 1 aromatic carbocycles. The Labute approximate surface area is 197 Å². The minimum atomic E-state index is -1.18. The number of carboxylic acid groups (broad SMARTS) is 1. The van der Waals surface area contributed by atoms with E-state index in [1.165, 1.54) is 33.1 Å². The number of thioether (sulfide) groups is 2. The predicted molar refractivity (Wildman–Crippen MR) is 119 cm³/mol. The van der Waals surface area contributed by atoms with Gasteiger partial charge in [-0.05, 0) is 33.7 Å². The number of hydrogen-bond donors (Lipinski definition) is 3. The number of benzene rings is 1. The largest absolute Gasteiger partial charge is 0.497 e. The Hall–Kier alpha value is -3.26. The van der Waals surface area contributed by atoms with E-state index in [4.69, 9.17) is 4.74 Å². The Balaban J connectivity index is 1.36. The Morgan fingerprint density at radius 2 is 2.09 bits per heavy atom. The third kappa shape index (κ3) is 4.75. The average Bonchev–Trinajstić information content (AvgIpc) is 3.23. The van der Waals surface area contributed by atoms with Crippen molar-refractivity contribution in [3.63, 3.8) is 0 Å². The molecule has 14 heteroatoms. The van der Waals surface area contributed by atoms with Crippen LogP contribution in [0.15, 0.2) is 40.7 Å². The normalized spacial score (nSPS) is 19.6. The number of ether oxygens (including phenoxy) is 1. The molecule has 2 aliphatic rings. The molecule has 0 bridgehead atoms. The summed E-state index contributed by atoms with van der Waals surface area (Å²) in [5.41, 5.74) is 1.44. The number of rotatable bonds is 8. The van der Waals surface area contributed by atoms with Crippen molar-refractivity contribution >= 4 is 41.4 Å². The zero-order valence-corrected chi connectivity index (χ0v) is 19.4. The summed E-state index contributed by atoms with van der Waals surface area (Å²) in [5, 5.41) is 26.4. The van der Waals surface area contributed by atoms with Gasteiger partial charge in [-0.15, -0.1) is 16.9 Å². The van der Waals surface area contributed by atoms with Crippen LogP contribution in [0.4, 0.5) is 4.79 Å². The second kappa shape index (κ2) is 9.70. The van der Waals surface area contributed by atoms with Gasteiger partial charge in [0.05, 0.1) is 7.11 Å². The summed E-state index contributed by atoms with van der Waals surface area (Å²) in [7, 11) is 3.26. The van der Waals surface area contributed by atoms with E-state index in [9.17, 15) is 19.5 Å². The van der Waals surface area contributed by atoms with Crippen molar-refractivity contribution in [2.45, 2.75) is 23.1 Å². The predicted octanol–water partition coefficient (Wildman–Crippen LogP) is 0.433. The highest BCUT2D eigenvalue weighted by Crippen LogP contribution is 2.41. The molecular weight excluding hydrogens is 470 g/mol. The van der Waals surface area contributed by atoms with Gasteiger partial charge in [0.25, 0.3) is 5.91 Å². The van der Waals surface area contributed by atoms with Crippen LogP contribution in [0.25, 0.3) is 0 Å². The Kier molecular flexibility index (Phi) is 6.74. The van der Waals surface area contributed by atoms with E-state index in [0.29, 0.717) is 28.0 Å². The molecule has 0 saturated carbocycles. The molecule has 12 nitrogen and oxygen atoms in total. The van der Waals surface area contributed by atoms with Crippen molar-refractivity contribution < 1.29 is 24.2 Å². The SMILES string of the molecule is COc1ccc(CNC(=O)NC2C(=O)N3C(C(=O)O)=C(CSc4nnnn4C)CS[C@H]23)cc1. The maximum absolute atomic E-state index is 12.7. The molecule has 2 aliphatic heterocycles. The van der Waals surface area contributed by atoms with E-state index in [-0.39, 0.29) is 12.2 Å². The highest BCUT2D eigenvalue weighted by atomic mass is 32.2. The van der Waals surface area contributed by atoms with Gasteiger partial charge in [-0.25, -0.2) is 14.3 Å². The first-order valence-corrected chi connectivity index (χ1v) is 11.8. The lowest BCUT2D eigenvalue weighted by molar-refractivity contribution is -0.148. The van der Waals surface area contributed by atoms with Crippen LogP contribution in [0.3, 0.4) is 0 Å². The van der Waals surface area contributed by atoms with Crippen molar-refractivity contribution in [2.75, 3.05) is 18.6 Å². The standard InChI is InChI=1S/C19H21N7O5S2/c1-25-19(22-23-24-25)33-9-11-8-32-16-13(15(27)26(16)14(11)17(28)29)21-18(30)20-7-10-3-5-12(31-2)6-4-10/h3-6,13,16H,7-9H2,1-2H3,(H,28,29)(H2,20,21,30)/t13?,16-/m1/s1. The number of urea groups is 1. The number of amides is 3. The zero-order valence-electron chi connectivity index (χ0n) is 17.7. The maximum Gasteiger partial charge on any atom is 0.352 e. The van der Waals surface area contributed by atoms with Crippen molar-refractivity contribution in [3.05, 3.63) is 41.1 Å². The molecule has 1 saturated heterocycles. The molecule has 2 atom stereocenters. The lowest BCUT2D eigenvalue weighted by Crippen LogP contribution is -2.71. The molecule has 174 valence electrons. The van der Waals surface area contributed by atoms with Crippen molar-refractivity contribution in [3.8, 4) is 5.75 Å². The number of aromatic nitrogens is 4. The lowest BCUT2D eigenvalue weighted by atomic mass is 10.0. The van der Waals surface area contributed by atoms with Gasteiger partial charge in [-0.1, -0.05) is 23.9 Å². The van der Waals surface area contributed by atoms with E-state index in [0.717, 1.165) is 5.56 Å². The number of nitrogens with zero attached hydrogens (tertiary/aromatic N) is 5. The minimum absolute atomic E-state index is 0.0388. The number of β-lactam (4-membered cyclic amide) rings is 1. The number of carbonyl (C=O) groups excluding carboxylic acids is 2. The van der Waals surface area contributed by atoms with Gasteiger partial charge in [0.1, 0.15) is 22.9 Å². The van der Waals surface area contributed by atoms with Crippen LogP contribution in [0.2, 0.25) is 0 Å². The van der Waals surface area contributed by atoms with E-state index in [1.807, 2.05) is 12.1 Å². The topological polar surface area (TPSA) is 152 Å². The van der Waals surface area contributed by atoms with Gasteiger partial charge in [-0.2, -0.15) is 0 Å². The lowest BCUT2D eigenvalue weighted by Gasteiger charge is -2.49. The molecule has 2 aromatic rings. The fourth-order valence-corrected chi connectivity index (χ4v) is 5.74. The Bertz CT molecular complexity index is 1100. The van der Waals surface area contributed by atoms with Crippen LogP contribution in [0.5, 0.6) is 5.75 Å². The number of aliphatic carboxylic acids is 1. The molecule has 3 amide bonds. The fraction of sp³-hybridized carbons (Fsp3) is 0.368. The van der Waals surface area contributed by atoms with Gasteiger partial charge in [0, 0.05) is 25.1 Å². The number of carboxylic acids is 1. The van der Waals surface area contributed by atoms with E-state index < -0.39 is 29.3 Å². The molecule has 3 heterocycles. The fourth-order valence-electron chi connectivity index (χ4n) is 3.41. The Morgan fingerprint density at radius 3 is 2.73 bits per heavy atom. The summed E-state index contributed by atoms with van der Waals surface area (Å²) < 4.78 is 6.59. The summed E-state index contributed by atoms with van der Waals surface area (Å²) in [6.45, 7) is 0.275. The molecule has 4 rings (SSSR count). The summed E-state index contributed by atoms with van der Waals surface area (Å²) in [5.74, 6) is -0.166. The minimum Gasteiger partial charge on any atom is -0.497 e. The summed E-state index contributed by atoms with van der Waals surface area (Å²) in [4.78, 5) is 38.3. The highest BCUT2D eigenvalue weighted by Gasteiger charge is 2.54. The molecule has 1 aromatic heterocycles. The van der Waals surface area contributed by atoms with E-state index in [2.05, 4.69) is 26.2 Å². The molecule has 0 aliphatic carbocycles. The molecule has 0 radical (unpaired) electrons. The maximum atomic E-state index is 12.7. The first-order chi connectivity index (χ1) is 15.9. The van der Waals surface area contributed by atoms with Crippen LogP contribution < -0.4 is 15.4 Å². The Morgan fingerprint density at radius 1 is 1.33 bits per heavy atom. The summed E-state index contributed by atoms with van der Waals surface area (Å²) in [6, 6.07) is 5.94. The zero-order chi connectivity index (χ0) is 23.5. The number of tetrazole rings is 1. The first-order valence-electron chi connectivity index (χ1n) is 9.81. The van der Waals surface area contributed by atoms with E-state index in [1.54, 1.807) is 26.3 Å². The van der Waals surface area contributed by atoms with Crippen molar-refractivity contribution in [1.29, 1.82) is 0 Å². The van der Waals surface area contributed by atoms with Crippen LogP contribution in [-0.2, 0) is 23.2 Å². The van der Waals surface area contributed by atoms with E-state index >= 15 is 0 Å². The molecule has 1 unspecified atom stereocenters. The van der Waals surface area contributed by atoms with Crippen molar-refractivity contribution in [1.82, 2.24) is 35.7 Å². The monoisotopic (exact) mass is 491 g/mol. The van der Waals surface area contributed by atoms with Crippen LogP contribution >= 0.6 is 23.5 Å². The summed E-state index contributed by atoms with van der Waals surface area (Å²) in [6.07, 6.45) is 0. The summed E-state index contributed by atoms with van der Waals surface area (Å²) >= 11 is 2.71. The van der Waals surface area contributed by atoms with Crippen LogP contribution in [0, 0.1) is 0 Å². The second-order valence-electron chi connectivity index (χ2n) is 7.19. The highest BCUT2D eigenvalue weighted by molar-refractivity contribution is 8.01. The van der Waals surface area contributed by atoms with Gasteiger partial charge in [0.15, 0.2) is 0 Å². The number of hydrogen-bond acceptors (Lipinski definition) is 9. The quantitative estimate of drug-likeness (QED) is 0.350.